The Morgan fingerprint density at radius 2 is 1.52 bits per heavy atom. The van der Waals surface area contributed by atoms with E-state index < -0.39 is 5.41 Å². The highest BCUT2D eigenvalue weighted by atomic mass is 32.2. The third-order valence-electron chi connectivity index (χ3n) is 8.69. The van der Waals surface area contributed by atoms with Gasteiger partial charge in [-0.05, 0) is 82.3 Å². The van der Waals surface area contributed by atoms with E-state index in [4.69, 9.17) is 4.99 Å². The number of hydrogen-bond donors (Lipinski definition) is 0. The Balaban J connectivity index is 1.47. The average Bonchev–Trinajstić information content (AvgIpc) is 2.93. The third-order valence-corrected chi connectivity index (χ3v) is 9.64. The molecule has 0 radical (unpaired) electrons. The number of hydrogen-bond acceptors (Lipinski definition) is 4. The molecule has 31 heavy (non-hydrogen) atoms. The highest BCUT2D eigenvalue weighted by molar-refractivity contribution is 7.99. The molecule has 6 aliphatic rings. The van der Waals surface area contributed by atoms with Crippen molar-refractivity contribution in [2.75, 3.05) is 29.5 Å². The molecule has 6 fully saturated rings. The standard InChI is InChI=1S/C26H35N3OS/c1-25(2)22(28-8-10-31-11-9-28)23(29(24(25)30)21-6-4-3-5-7-21)27-26-15-18-12-19(16-26)14-20(13-18)17-26/h3-7,18-20,22H,8-17H2,1-2H3/t18?,19?,20?,22-,26?/m1/s1. The topological polar surface area (TPSA) is 35.9 Å². The first kappa shape index (κ1) is 20.3. The van der Waals surface area contributed by atoms with Crippen molar-refractivity contribution in [1.29, 1.82) is 0 Å². The third kappa shape index (κ3) is 3.30. The van der Waals surface area contributed by atoms with Crippen molar-refractivity contribution in [3.05, 3.63) is 30.3 Å². The van der Waals surface area contributed by atoms with Crippen LogP contribution in [0.4, 0.5) is 5.69 Å². The zero-order chi connectivity index (χ0) is 21.2. The zero-order valence-electron chi connectivity index (χ0n) is 18.9. The summed E-state index contributed by atoms with van der Waals surface area (Å²) in [5.74, 6) is 6.13. The fraction of sp³-hybridized carbons (Fsp3) is 0.692. The van der Waals surface area contributed by atoms with Crippen LogP contribution in [0.5, 0.6) is 0 Å². The Morgan fingerprint density at radius 1 is 0.935 bits per heavy atom. The van der Waals surface area contributed by atoms with Gasteiger partial charge in [-0.15, -0.1) is 0 Å². The number of carbonyl (C=O) groups excluding carboxylic acids is 1. The summed E-state index contributed by atoms with van der Waals surface area (Å²) in [5.41, 5.74) is 0.595. The highest BCUT2D eigenvalue weighted by Gasteiger charge is 2.57. The van der Waals surface area contributed by atoms with Crippen molar-refractivity contribution in [3.8, 4) is 0 Å². The van der Waals surface area contributed by atoms with Gasteiger partial charge in [0.2, 0.25) is 5.91 Å². The Bertz CT molecular complexity index is 854. The van der Waals surface area contributed by atoms with E-state index in [1.807, 2.05) is 34.9 Å². The molecule has 4 aliphatic carbocycles. The first-order valence-corrected chi connectivity index (χ1v) is 13.4. The van der Waals surface area contributed by atoms with E-state index in [1.165, 1.54) is 38.5 Å². The second kappa shape index (κ2) is 7.34. The van der Waals surface area contributed by atoms with Crippen LogP contribution in [0.3, 0.4) is 0 Å². The predicted molar refractivity (Wildman–Crippen MR) is 129 cm³/mol. The van der Waals surface area contributed by atoms with Crippen molar-refractivity contribution in [2.45, 2.75) is 64.0 Å². The van der Waals surface area contributed by atoms with Crippen LogP contribution in [-0.2, 0) is 4.79 Å². The molecule has 0 spiro atoms. The Morgan fingerprint density at radius 3 is 2.10 bits per heavy atom. The van der Waals surface area contributed by atoms with Crippen LogP contribution in [0.2, 0.25) is 0 Å². The Hall–Kier alpha value is -1.33. The fourth-order valence-corrected chi connectivity index (χ4v) is 8.72. The lowest BCUT2D eigenvalue weighted by Crippen LogP contribution is -2.54. The molecule has 1 atom stereocenters. The van der Waals surface area contributed by atoms with Gasteiger partial charge in [0, 0.05) is 24.6 Å². The van der Waals surface area contributed by atoms with Crippen LogP contribution in [0.25, 0.3) is 0 Å². The minimum Gasteiger partial charge on any atom is -0.291 e. The second-order valence-corrected chi connectivity index (χ2v) is 12.6. The normalized spacial score (nSPS) is 40.8. The molecule has 0 N–H and O–H groups in total. The quantitative estimate of drug-likeness (QED) is 0.679. The molecule has 0 aromatic heterocycles. The van der Waals surface area contributed by atoms with Crippen LogP contribution in [0.15, 0.2) is 35.3 Å². The van der Waals surface area contributed by atoms with Gasteiger partial charge in [-0.1, -0.05) is 18.2 Å². The van der Waals surface area contributed by atoms with Gasteiger partial charge in [0.25, 0.3) is 0 Å². The van der Waals surface area contributed by atoms with Gasteiger partial charge >= 0.3 is 0 Å². The van der Waals surface area contributed by atoms with Gasteiger partial charge < -0.3 is 0 Å². The lowest BCUT2D eigenvalue weighted by atomic mass is 9.53. The molecule has 7 rings (SSSR count). The zero-order valence-corrected chi connectivity index (χ0v) is 19.7. The van der Waals surface area contributed by atoms with E-state index in [1.54, 1.807) is 0 Å². The van der Waals surface area contributed by atoms with Crippen molar-refractivity contribution in [2.24, 2.45) is 28.2 Å². The molecule has 4 saturated carbocycles. The first-order valence-electron chi connectivity index (χ1n) is 12.3. The van der Waals surface area contributed by atoms with Gasteiger partial charge in [-0.3, -0.25) is 19.6 Å². The summed E-state index contributed by atoms with van der Waals surface area (Å²) < 4.78 is 0. The SMILES string of the molecule is CC1(C)C(=O)N(c2ccccc2)C(=NC23CC4CC(CC(C4)C2)C3)[C@H]1N1CCSCC1. The summed E-state index contributed by atoms with van der Waals surface area (Å²) in [6, 6.07) is 10.4. The molecule has 2 aliphatic heterocycles. The molecule has 5 heteroatoms. The second-order valence-electron chi connectivity index (χ2n) is 11.4. The maximum Gasteiger partial charge on any atom is 0.240 e. The monoisotopic (exact) mass is 437 g/mol. The molecular weight excluding hydrogens is 402 g/mol. The molecule has 4 bridgehead atoms. The number of aliphatic imine (C=N–C) groups is 1. The van der Waals surface area contributed by atoms with E-state index in [-0.39, 0.29) is 17.5 Å². The van der Waals surface area contributed by atoms with Crippen LogP contribution in [0, 0.1) is 23.2 Å². The molecule has 1 aromatic carbocycles. The summed E-state index contributed by atoms with van der Waals surface area (Å²) in [6.07, 6.45) is 7.98. The molecule has 0 unspecified atom stereocenters. The molecule has 2 saturated heterocycles. The number of benzene rings is 1. The maximum absolute atomic E-state index is 13.9. The molecule has 4 nitrogen and oxygen atoms in total. The molecular formula is C26H35N3OS. The molecule has 2 heterocycles. The average molecular weight is 438 g/mol. The summed E-state index contributed by atoms with van der Waals surface area (Å²) >= 11 is 2.03. The van der Waals surface area contributed by atoms with Gasteiger partial charge in [0.1, 0.15) is 5.84 Å². The van der Waals surface area contributed by atoms with E-state index in [0.29, 0.717) is 0 Å². The number of nitrogens with zero attached hydrogens (tertiary/aromatic N) is 3. The van der Waals surface area contributed by atoms with Crippen LogP contribution in [-0.4, -0.2) is 52.8 Å². The molecule has 1 amide bonds. The first-order chi connectivity index (χ1) is 15.0. The number of rotatable bonds is 3. The summed E-state index contributed by atoms with van der Waals surface area (Å²) in [4.78, 5) is 24.2. The summed E-state index contributed by atoms with van der Waals surface area (Å²) in [6.45, 7) is 6.41. The number of para-hydroxylation sites is 1. The van der Waals surface area contributed by atoms with Crippen molar-refractivity contribution in [3.63, 3.8) is 0 Å². The van der Waals surface area contributed by atoms with Crippen molar-refractivity contribution in [1.82, 2.24) is 4.90 Å². The fourth-order valence-electron chi connectivity index (χ4n) is 7.79. The smallest absolute Gasteiger partial charge is 0.240 e. The van der Waals surface area contributed by atoms with Crippen LogP contribution in [0.1, 0.15) is 52.4 Å². The van der Waals surface area contributed by atoms with Gasteiger partial charge in [-0.2, -0.15) is 11.8 Å². The summed E-state index contributed by atoms with van der Waals surface area (Å²) in [5, 5.41) is 0. The Labute approximate surface area is 190 Å². The number of thioether (sulfide) groups is 1. The number of anilines is 1. The van der Waals surface area contributed by atoms with Gasteiger partial charge in [0.15, 0.2) is 0 Å². The largest absolute Gasteiger partial charge is 0.291 e. The molecule has 1 aromatic rings. The van der Waals surface area contributed by atoms with E-state index in [2.05, 4.69) is 30.9 Å². The van der Waals surface area contributed by atoms with E-state index in [9.17, 15) is 4.79 Å². The molecule has 166 valence electrons. The van der Waals surface area contributed by atoms with Crippen LogP contribution < -0.4 is 4.90 Å². The lowest BCUT2D eigenvalue weighted by molar-refractivity contribution is -0.125. The van der Waals surface area contributed by atoms with E-state index >= 15 is 0 Å². The van der Waals surface area contributed by atoms with Crippen LogP contribution >= 0.6 is 11.8 Å². The minimum atomic E-state index is -0.459. The highest BCUT2D eigenvalue weighted by Crippen LogP contribution is 2.58. The minimum absolute atomic E-state index is 0.0700. The number of amides is 1. The van der Waals surface area contributed by atoms with Gasteiger partial charge in [-0.25, -0.2) is 0 Å². The summed E-state index contributed by atoms with van der Waals surface area (Å²) in [7, 11) is 0. The van der Waals surface area contributed by atoms with Crippen molar-refractivity contribution >= 4 is 29.2 Å². The van der Waals surface area contributed by atoms with Crippen molar-refractivity contribution < 1.29 is 4.79 Å². The predicted octanol–water partition coefficient (Wildman–Crippen LogP) is 4.84. The maximum atomic E-state index is 13.9. The number of carbonyl (C=O) groups is 1. The Kier molecular flexibility index (Phi) is 4.81. The lowest BCUT2D eigenvalue weighted by Gasteiger charge is -2.55. The number of amidine groups is 1. The van der Waals surface area contributed by atoms with E-state index in [0.717, 1.165) is 53.9 Å². The van der Waals surface area contributed by atoms with Gasteiger partial charge in [0.05, 0.1) is 22.7 Å².